The first-order chi connectivity index (χ1) is 9.69. The molecular weight excluding hydrogens is 325 g/mol. The van der Waals surface area contributed by atoms with Crippen molar-refractivity contribution in [2.75, 3.05) is 20.3 Å². The molecule has 0 radical (unpaired) electrons. The first-order valence-corrected chi connectivity index (χ1v) is 7.12. The van der Waals surface area contributed by atoms with Crippen LogP contribution >= 0.6 is 15.9 Å². The zero-order chi connectivity index (χ0) is 14.4. The molecular formula is C14H17BrFN3O. The fourth-order valence-electron chi connectivity index (χ4n) is 1.82. The van der Waals surface area contributed by atoms with Crippen LogP contribution in [0.5, 0.6) is 0 Å². The number of aromatic nitrogens is 2. The van der Waals surface area contributed by atoms with Gasteiger partial charge in [-0.05, 0) is 17.7 Å². The smallest absolute Gasteiger partial charge is 0.124 e. The summed E-state index contributed by atoms with van der Waals surface area (Å²) in [6.07, 6.45) is 3.76. The van der Waals surface area contributed by atoms with Crippen LogP contribution in [0.4, 0.5) is 4.39 Å². The van der Waals surface area contributed by atoms with Crippen molar-refractivity contribution in [1.82, 2.24) is 14.9 Å². The molecule has 0 saturated carbocycles. The molecule has 0 bridgehead atoms. The zero-order valence-corrected chi connectivity index (χ0v) is 12.9. The van der Waals surface area contributed by atoms with Crippen LogP contribution in [0.3, 0.4) is 0 Å². The average molecular weight is 342 g/mol. The average Bonchev–Trinajstić information content (AvgIpc) is 2.86. The second kappa shape index (κ2) is 7.52. The molecule has 0 atom stereocenters. The van der Waals surface area contributed by atoms with Gasteiger partial charge >= 0.3 is 0 Å². The molecule has 0 aliphatic heterocycles. The number of imidazole rings is 1. The number of hydrogen-bond acceptors (Lipinski definition) is 3. The lowest BCUT2D eigenvalue weighted by molar-refractivity contribution is 0.199. The van der Waals surface area contributed by atoms with Gasteiger partial charge in [-0.2, -0.15) is 0 Å². The summed E-state index contributed by atoms with van der Waals surface area (Å²) in [6, 6.07) is 4.71. The normalized spacial score (nSPS) is 10.9. The van der Waals surface area contributed by atoms with Gasteiger partial charge in [-0.1, -0.05) is 22.0 Å². The number of nitrogens with one attached hydrogen (secondary N) is 1. The minimum absolute atomic E-state index is 0.241. The van der Waals surface area contributed by atoms with E-state index in [0.717, 1.165) is 22.3 Å². The van der Waals surface area contributed by atoms with Gasteiger partial charge in [0, 0.05) is 37.4 Å². The summed E-state index contributed by atoms with van der Waals surface area (Å²) in [7, 11) is 1.68. The van der Waals surface area contributed by atoms with E-state index in [1.54, 1.807) is 19.5 Å². The van der Waals surface area contributed by atoms with Gasteiger partial charge in [0.25, 0.3) is 0 Å². The van der Waals surface area contributed by atoms with Crippen LogP contribution in [0.15, 0.2) is 35.2 Å². The van der Waals surface area contributed by atoms with Crippen LogP contribution in [0, 0.1) is 5.82 Å². The van der Waals surface area contributed by atoms with E-state index in [9.17, 15) is 4.39 Å². The van der Waals surface area contributed by atoms with Gasteiger partial charge < -0.3 is 14.6 Å². The van der Waals surface area contributed by atoms with Crippen molar-refractivity contribution in [3.63, 3.8) is 0 Å². The summed E-state index contributed by atoms with van der Waals surface area (Å²) in [4.78, 5) is 4.33. The van der Waals surface area contributed by atoms with Gasteiger partial charge in [0.05, 0.1) is 18.6 Å². The highest BCUT2D eigenvalue weighted by molar-refractivity contribution is 9.10. The van der Waals surface area contributed by atoms with Crippen molar-refractivity contribution in [2.24, 2.45) is 0 Å². The van der Waals surface area contributed by atoms with Crippen molar-refractivity contribution in [3.8, 4) is 0 Å². The summed E-state index contributed by atoms with van der Waals surface area (Å²) in [5.41, 5.74) is 1.99. The highest BCUT2D eigenvalue weighted by Gasteiger charge is 2.04. The molecule has 1 heterocycles. The monoisotopic (exact) mass is 341 g/mol. The van der Waals surface area contributed by atoms with E-state index in [1.807, 2.05) is 10.8 Å². The van der Waals surface area contributed by atoms with E-state index in [-0.39, 0.29) is 5.82 Å². The highest BCUT2D eigenvalue weighted by Crippen LogP contribution is 2.19. The first-order valence-electron chi connectivity index (χ1n) is 6.33. The number of halogens is 2. The number of hydrogen-bond donors (Lipinski definition) is 1. The second-order valence-electron chi connectivity index (χ2n) is 4.44. The highest BCUT2D eigenvalue weighted by atomic mass is 79.9. The van der Waals surface area contributed by atoms with Gasteiger partial charge in [0.2, 0.25) is 0 Å². The van der Waals surface area contributed by atoms with Gasteiger partial charge in [-0.25, -0.2) is 9.37 Å². The van der Waals surface area contributed by atoms with Gasteiger partial charge in [-0.15, -0.1) is 0 Å². The van der Waals surface area contributed by atoms with E-state index in [4.69, 9.17) is 4.74 Å². The maximum Gasteiger partial charge on any atom is 0.124 e. The molecule has 1 aromatic carbocycles. The molecule has 2 rings (SSSR count). The summed E-state index contributed by atoms with van der Waals surface area (Å²) < 4.78 is 20.7. The van der Waals surface area contributed by atoms with Crippen LogP contribution < -0.4 is 5.32 Å². The Balaban J connectivity index is 1.92. The number of methoxy groups -OCH3 is 1. The summed E-state index contributed by atoms with van der Waals surface area (Å²) in [6.45, 7) is 2.85. The predicted octanol–water partition coefficient (Wildman–Crippen LogP) is 2.57. The third-order valence-electron chi connectivity index (χ3n) is 2.84. The molecule has 0 aliphatic rings. The van der Waals surface area contributed by atoms with Crippen molar-refractivity contribution < 1.29 is 9.13 Å². The fourth-order valence-corrected chi connectivity index (χ4v) is 2.30. The fraction of sp³-hybridized carbons (Fsp3) is 0.357. The van der Waals surface area contributed by atoms with E-state index in [2.05, 4.69) is 26.2 Å². The molecule has 4 nitrogen and oxygen atoms in total. The Morgan fingerprint density at radius 3 is 3.05 bits per heavy atom. The first kappa shape index (κ1) is 15.2. The maximum atomic E-state index is 13.0. The standard InChI is InChI=1S/C14H17BrFN3O/c1-20-5-4-17-7-13-9-19(10-18-13)8-11-2-3-12(16)6-14(11)15/h2-3,6,9-10,17H,4-5,7-8H2,1H3. The zero-order valence-electron chi connectivity index (χ0n) is 11.3. The molecule has 0 spiro atoms. The minimum Gasteiger partial charge on any atom is -0.383 e. The number of ether oxygens (including phenoxy) is 1. The Hall–Kier alpha value is -1.24. The van der Waals surface area contributed by atoms with Gasteiger partial charge in [0.15, 0.2) is 0 Å². The molecule has 0 saturated heterocycles. The molecule has 108 valence electrons. The van der Waals surface area contributed by atoms with Crippen LogP contribution in [0.25, 0.3) is 0 Å². The lowest BCUT2D eigenvalue weighted by atomic mass is 10.2. The van der Waals surface area contributed by atoms with Crippen LogP contribution in [0.1, 0.15) is 11.3 Å². The molecule has 0 fully saturated rings. The predicted molar refractivity (Wildman–Crippen MR) is 79.0 cm³/mol. The third-order valence-corrected chi connectivity index (χ3v) is 3.58. The lowest BCUT2D eigenvalue weighted by Gasteiger charge is -2.05. The Morgan fingerprint density at radius 1 is 1.45 bits per heavy atom. The number of benzene rings is 1. The molecule has 6 heteroatoms. The molecule has 0 aliphatic carbocycles. The second-order valence-corrected chi connectivity index (χ2v) is 5.30. The summed E-state index contributed by atoms with van der Waals surface area (Å²) in [5, 5.41) is 3.24. The Kier molecular flexibility index (Phi) is 5.70. The van der Waals surface area contributed by atoms with Gasteiger partial charge in [0.1, 0.15) is 5.82 Å². The number of rotatable bonds is 7. The minimum atomic E-state index is -0.241. The van der Waals surface area contributed by atoms with Crippen LogP contribution in [-0.4, -0.2) is 29.8 Å². The van der Waals surface area contributed by atoms with Crippen molar-refractivity contribution >= 4 is 15.9 Å². The van der Waals surface area contributed by atoms with E-state index >= 15 is 0 Å². The third kappa shape index (κ3) is 4.40. The summed E-state index contributed by atoms with van der Waals surface area (Å²) >= 11 is 3.37. The van der Waals surface area contributed by atoms with Crippen LogP contribution in [-0.2, 0) is 17.8 Å². The van der Waals surface area contributed by atoms with E-state index in [0.29, 0.717) is 19.7 Å². The van der Waals surface area contributed by atoms with E-state index in [1.165, 1.54) is 12.1 Å². The largest absolute Gasteiger partial charge is 0.383 e. The van der Waals surface area contributed by atoms with Crippen molar-refractivity contribution in [2.45, 2.75) is 13.1 Å². The molecule has 20 heavy (non-hydrogen) atoms. The Morgan fingerprint density at radius 2 is 2.30 bits per heavy atom. The van der Waals surface area contributed by atoms with Gasteiger partial charge in [-0.3, -0.25) is 0 Å². The maximum absolute atomic E-state index is 13.0. The molecule has 1 aromatic heterocycles. The number of nitrogens with zero attached hydrogens (tertiary/aromatic N) is 2. The quantitative estimate of drug-likeness (QED) is 0.786. The molecule has 2 aromatic rings. The van der Waals surface area contributed by atoms with Crippen molar-refractivity contribution in [1.29, 1.82) is 0 Å². The Labute approximate surface area is 126 Å². The Bertz CT molecular complexity index is 559. The summed E-state index contributed by atoms with van der Waals surface area (Å²) in [5.74, 6) is -0.241. The van der Waals surface area contributed by atoms with Crippen molar-refractivity contribution in [3.05, 3.63) is 52.3 Å². The molecule has 0 amide bonds. The molecule has 0 unspecified atom stereocenters. The van der Waals surface area contributed by atoms with Crippen LogP contribution in [0.2, 0.25) is 0 Å². The topological polar surface area (TPSA) is 39.1 Å². The van der Waals surface area contributed by atoms with E-state index < -0.39 is 0 Å². The lowest BCUT2D eigenvalue weighted by Crippen LogP contribution is -2.18. The SMILES string of the molecule is COCCNCc1cn(Cc2ccc(F)cc2Br)cn1. The molecule has 1 N–H and O–H groups in total.